The zero-order valence-electron chi connectivity index (χ0n) is 18.9. The minimum Gasteiger partial charge on any atom is -0.477 e. The van der Waals surface area contributed by atoms with Crippen LogP contribution in [0.2, 0.25) is 0 Å². The largest absolute Gasteiger partial charge is 0.573 e. The van der Waals surface area contributed by atoms with Crippen molar-refractivity contribution < 1.29 is 32.2 Å². The molecular weight excluding hydrogens is 451 g/mol. The van der Waals surface area contributed by atoms with Crippen molar-refractivity contribution in [2.45, 2.75) is 32.2 Å². The highest BCUT2D eigenvalue weighted by Gasteiger charge is 2.32. The fraction of sp³-hybridized carbons (Fsp3) is 0.458. The number of benzene rings is 2. The van der Waals surface area contributed by atoms with Gasteiger partial charge in [-0.1, -0.05) is 17.7 Å². The molecule has 2 aliphatic rings. The highest BCUT2D eigenvalue weighted by atomic mass is 19.4. The average molecular weight is 479 g/mol. The van der Waals surface area contributed by atoms with E-state index in [0.717, 1.165) is 68.6 Å². The van der Waals surface area contributed by atoms with Crippen molar-refractivity contribution in [2.24, 2.45) is 0 Å². The summed E-state index contributed by atoms with van der Waals surface area (Å²) in [5, 5.41) is 5.91. The summed E-state index contributed by atoms with van der Waals surface area (Å²) in [6, 6.07) is 9.61. The number of rotatable bonds is 7. The molecular formula is C24H28F3N3O4. The highest BCUT2D eigenvalue weighted by molar-refractivity contribution is 5.96. The number of carbonyl (C=O) groups excluding carboxylic acids is 1. The van der Waals surface area contributed by atoms with Gasteiger partial charge >= 0.3 is 6.36 Å². The van der Waals surface area contributed by atoms with Gasteiger partial charge in [0.1, 0.15) is 11.5 Å². The maximum absolute atomic E-state index is 12.9. The van der Waals surface area contributed by atoms with E-state index in [0.29, 0.717) is 5.69 Å². The Morgan fingerprint density at radius 1 is 1.21 bits per heavy atom. The van der Waals surface area contributed by atoms with Gasteiger partial charge in [-0.15, -0.1) is 13.2 Å². The third-order valence-electron chi connectivity index (χ3n) is 5.77. The van der Waals surface area contributed by atoms with Gasteiger partial charge in [-0.25, -0.2) is 0 Å². The molecule has 184 valence electrons. The van der Waals surface area contributed by atoms with E-state index in [2.05, 4.69) is 26.3 Å². The standard InChI is InChI=1S/C24H28F3N3O4/c1-16-4-6-19(17(13-16)3-2-8-30-9-11-32-12-10-30)29-23(31)22-15-28-20-14-18(34-24(25,26)27)5-7-21(20)33-22/h4-7,13-14,22,28H,2-3,8-12,15H2,1H3,(H,29,31). The third kappa shape index (κ3) is 6.54. The average Bonchev–Trinajstić information content (AvgIpc) is 2.80. The summed E-state index contributed by atoms with van der Waals surface area (Å²) in [7, 11) is 0. The molecule has 2 aromatic carbocycles. The first-order valence-corrected chi connectivity index (χ1v) is 11.3. The van der Waals surface area contributed by atoms with Crippen LogP contribution in [0.15, 0.2) is 36.4 Å². The zero-order chi connectivity index (χ0) is 24.1. The van der Waals surface area contributed by atoms with Crippen LogP contribution >= 0.6 is 0 Å². The first-order valence-electron chi connectivity index (χ1n) is 11.3. The number of ether oxygens (including phenoxy) is 3. The molecule has 2 heterocycles. The Balaban J connectivity index is 1.36. The molecule has 1 saturated heterocycles. The van der Waals surface area contributed by atoms with Gasteiger partial charge in [0.05, 0.1) is 25.4 Å². The van der Waals surface area contributed by atoms with Gasteiger partial charge in [-0.3, -0.25) is 9.69 Å². The van der Waals surface area contributed by atoms with Crippen LogP contribution in [-0.2, 0) is 16.0 Å². The van der Waals surface area contributed by atoms with E-state index >= 15 is 0 Å². The second-order valence-corrected chi connectivity index (χ2v) is 8.40. The van der Waals surface area contributed by atoms with Crippen LogP contribution in [-0.4, -0.2) is 62.7 Å². The van der Waals surface area contributed by atoms with Crippen LogP contribution < -0.4 is 20.1 Å². The molecule has 1 amide bonds. The number of aryl methyl sites for hydroxylation is 2. The van der Waals surface area contributed by atoms with E-state index in [4.69, 9.17) is 9.47 Å². The summed E-state index contributed by atoms with van der Waals surface area (Å²) in [4.78, 5) is 15.3. The van der Waals surface area contributed by atoms with Crippen molar-refractivity contribution in [1.82, 2.24) is 4.90 Å². The smallest absolute Gasteiger partial charge is 0.477 e. The molecule has 0 saturated carbocycles. The lowest BCUT2D eigenvalue weighted by Gasteiger charge is -2.27. The van der Waals surface area contributed by atoms with Crippen LogP contribution in [0.25, 0.3) is 0 Å². The fourth-order valence-corrected chi connectivity index (χ4v) is 4.07. The summed E-state index contributed by atoms with van der Waals surface area (Å²) >= 11 is 0. The van der Waals surface area contributed by atoms with Gasteiger partial charge in [0, 0.05) is 24.8 Å². The molecule has 1 fully saturated rings. The lowest BCUT2D eigenvalue weighted by Crippen LogP contribution is -2.41. The first-order chi connectivity index (χ1) is 16.3. The molecule has 0 bridgehead atoms. The number of halogens is 3. The van der Waals surface area contributed by atoms with E-state index in [1.54, 1.807) is 0 Å². The van der Waals surface area contributed by atoms with Crippen molar-refractivity contribution in [3.05, 3.63) is 47.5 Å². The topological polar surface area (TPSA) is 72.1 Å². The minimum absolute atomic E-state index is 0.118. The number of hydrogen-bond donors (Lipinski definition) is 2. The van der Waals surface area contributed by atoms with Crippen molar-refractivity contribution in [1.29, 1.82) is 0 Å². The van der Waals surface area contributed by atoms with Crippen molar-refractivity contribution in [3.8, 4) is 11.5 Å². The van der Waals surface area contributed by atoms with Crippen molar-refractivity contribution >= 4 is 17.3 Å². The van der Waals surface area contributed by atoms with Crippen LogP contribution in [0.3, 0.4) is 0 Å². The van der Waals surface area contributed by atoms with Crippen LogP contribution in [0, 0.1) is 6.92 Å². The van der Waals surface area contributed by atoms with Crippen LogP contribution in [0.1, 0.15) is 17.5 Å². The number of nitrogens with one attached hydrogen (secondary N) is 2. The number of alkyl halides is 3. The van der Waals surface area contributed by atoms with Crippen LogP contribution in [0.5, 0.6) is 11.5 Å². The second-order valence-electron chi connectivity index (χ2n) is 8.40. The molecule has 0 aromatic heterocycles. The molecule has 2 aliphatic heterocycles. The number of nitrogens with zero attached hydrogens (tertiary/aromatic N) is 1. The first kappa shape index (κ1) is 24.2. The maximum Gasteiger partial charge on any atom is 0.573 e. The lowest BCUT2D eigenvalue weighted by atomic mass is 10.0. The predicted molar refractivity (Wildman–Crippen MR) is 121 cm³/mol. The fourth-order valence-electron chi connectivity index (χ4n) is 4.07. The summed E-state index contributed by atoms with van der Waals surface area (Å²) in [5.41, 5.74) is 3.24. The normalized spacial score (nSPS) is 18.4. The number of fused-ring (bicyclic) bond motifs is 1. The summed E-state index contributed by atoms with van der Waals surface area (Å²) in [5.74, 6) is -0.394. The van der Waals surface area contributed by atoms with Crippen molar-refractivity contribution in [3.63, 3.8) is 0 Å². The van der Waals surface area contributed by atoms with Crippen LogP contribution in [0.4, 0.5) is 24.5 Å². The lowest BCUT2D eigenvalue weighted by molar-refractivity contribution is -0.274. The van der Waals surface area contributed by atoms with Crippen molar-refractivity contribution in [2.75, 3.05) is 50.0 Å². The van der Waals surface area contributed by atoms with E-state index in [1.165, 1.54) is 12.1 Å². The molecule has 10 heteroatoms. The Bertz CT molecular complexity index is 1010. The Hall–Kier alpha value is -2.98. The van der Waals surface area contributed by atoms with E-state index in [1.807, 2.05) is 19.1 Å². The second kappa shape index (κ2) is 10.5. The number of anilines is 2. The van der Waals surface area contributed by atoms with E-state index in [-0.39, 0.29) is 24.0 Å². The molecule has 1 unspecified atom stereocenters. The third-order valence-corrected chi connectivity index (χ3v) is 5.77. The Kier molecular flexibility index (Phi) is 7.47. The zero-order valence-corrected chi connectivity index (χ0v) is 18.9. The molecule has 34 heavy (non-hydrogen) atoms. The van der Waals surface area contributed by atoms with Gasteiger partial charge in [-0.2, -0.15) is 0 Å². The Morgan fingerprint density at radius 3 is 2.76 bits per heavy atom. The number of hydrogen-bond acceptors (Lipinski definition) is 6. The molecule has 0 spiro atoms. The molecule has 4 rings (SSSR count). The SMILES string of the molecule is Cc1ccc(NC(=O)C2CNc3cc(OC(F)(F)F)ccc3O2)c(CCCN2CCOCC2)c1. The molecule has 0 radical (unpaired) electrons. The minimum atomic E-state index is -4.78. The summed E-state index contributed by atoms with van der Waals surface area (Å²) in [6.07, 6.45) is -3.82. The quantitative estimate of drug-likeness (QED) is 0.626. The highest BCUT2D eigenvalue weighted by Crippen LogP contribution is 2.35. The van der Waals surface area contributed by atoms with Gasteiger partial charge in [-0.05, 0) is 50.1 Å². The van der Waals surface area contributed by atoms with Gasteiger partial charge in [0.2, 0.25) is 0 Å². The molecule has 2 N–H and O–H groups in total. The Labute approximate surface area is 196 Å². The van der Waals surface area contributed by atoms with E-state index in [9.17, 15) is 18.0 Å². The monoisotopic (exact) mass is 479 g/mol. The Morgan fingerprint density at radius 2 is 2.00 bits per heavy atom. The number of amides is 1. The van der Waals surface area contributed by atoms with Gasteiger partial charge in [0.25, 0.3) is 5.91 Å². The maximum atomic E-state index is 12.9. The number of carbonyl (C=O) groups is 1. The van der Waals surface area contributed by atoms with Gasteiger partial charge in [0.15, 0.2) is 6.10 Å². The molecule has 7 nitrogen and oxygen atoms in total. The van der Waals surface area contributed by atoms with Gasteiger partial charge < -0.3 is 24.8 Å². The predicted octanol–water partition coefficient (Wildman–Crippen LogP) is 3.97. The molecule has 2 aromatic rings. The number of morpholine rings is 1. The molecule has 1 atom stereocenters. The molecule has 0 aliphatic carbocycles. The summed E-state index contributed by atoms with van der Waals surface area (Å²) in [6.45, 7) is 6.51. The van der Waals surface area contributed by atoms with E-state index < -0.39 is 12.5 Å². The summed E-state index contributed by atoms with van der Waals surface area (Å²) < 4.78 is 52.4.